The third kappa shape index (κ3) is 5.15. The molecule has 1 aromatic heterocycles. The molecule has 7 heteroatoms. The van der Waals surface area contributed by atoms with Crippen LogP contribution in [0.25, 0.3) is 10.8 Å². The van der Waals surface area contributed by atoms with Gasteiger partial charge >= 0.3 is 0 Å². The minimum Gasteiger partial charge on any atom is -0.484 e. The van der Waals surface area contributed by atoms with E-state index in [0.29, 0.717) is 5.75 Å². The Balaban J connectivity index is 1.40. The van der Waals surface area contributed by atoms with E-state index < -0.39 is 5.91 Å². The van der Waals surface area contributed by atoms with Crippen molar-refractivity contribution < 1.29 is 14.3 Å². The Morgan fingerprint density at radius 1 is 1.04 bits per heavy atom. The number of fused-ring (bicyclic) bond motifs is 1. The van der Waals surface area contributed by atoms with Gasteiger partial charge in [-0.3, -0.25) is 9.59 Å². The molecule has 0 fully saturated rings. The van der Waals surface area contributed by atoms with Gasteiger partial charge in [-0.25, -0.2) is 5.43 Å². The van der Waals surface area contributed by atoms with Gasteiger partial charge in [0.25, 0.3) is 11.8 Å². The van der Waals surface area contributed by atoms with E-state index in [1.54, 1.807) is 6.21 Å². The molecule has 0 bridgehead atoms. The van der Waals surface area contributed by atoms with Gasteiger partial charge in [0.1, 0.15) is 5.75 Å². The Morgan fingerprint density at radius 2 is 1.88 bits per heavy atom. The van der Waals surface area contributed by atoms with Crippen molar-refractivity contribution in [2.45, 2.75) is 0 Å². The van der Waals surface area contributed by atoms with E-state index in [1.807, 2.05) is 60.0 Å². The van der Waals surface area contributed by atoms with Crippen molar-refractivity contribution >= 4 is 40.1 Å². The summed E-state index contributed by atoms with van der Waals surface area (Å²) in [6.45, 7) is -0.328. The van der Waals surface area contributed by atoms with Gasteiger partial charge in [-0.05, 0) is 34.4 Å². The number of carbonyl (C=O) groups excluding carboxylic acids is 2. The molecule has 0 aliphatic rings. The topological polar surface area (TPSA) is 79.8 Å². The highest BCUT2D eigenvalue weighted by molar-refractivity contribution is 7.11. The van der Waals surface area contributed by atoms with Crippen LogP contribution in [0.3, 0.4) is 0 Å². The molecule has 132 valence electrons. The molecule has 0 aliphatic carbocycles. The number of hydrazone groups is 1. The second-order valence-corrected chi connectivity index (χ2v) is 6.36. The molecular weight excluding hydrogens is 350 g/mol. The first-order valence-electron chi connectivity index (χ1n) is 7.94. The maximum absolute atomic E-state index is 11.8. The van der Waals surface area contributed by atoms with Crippen LogP contribution in [0.1, 0.15) is 4.88 Å². The molecule has 0 atom stereocenters. The van der Waals surface area contributed by atoms with Crippen LogP contribution in [0.2, 0.25) is 0 Å². The Morgan fingerprint density at radius 3 is 2.69 bits per heavy atom. The largest absolute Gasteiger partial charge is 0.484 e. The summed E-state index contributed by atoms with van der Waals surface area (Å²) in [5.74, 6) is -0.184. The summed E-state index contributed by atoms with van der Waals surface area (Å²) in [5, 5.41) is 10.4. The summed E-state index contributed by atoms with van der Waals surface area (Å²) < 4.78 is 5.47. The van der Waals surface area contributed by atoms with Gasteiger partial charge in [0.2, 0.25) is 0 Å². The zero-order chi connectivity index (χ0) is 18.2. The van der Waals surface area contributed by atoms with Gasteiger partial charge in [-0.2, -0.15) is 5.10 Å². The third-order valence-electron chi connectivity index (χ3n) is 3.46. The average molecular weight is 367 g/mol. The summed E-state index contributed by atoms with van der Waals surface area (Å²) in [7, 11) is 0. The number of rotatable bonds is 7. The van der Waals surface area contributed by atoms with Gasteiger partial charge in [0, 0.05) is 4.88 Å². The zero-order valence-electron chi connectivity index (χ0n) is 13.8. The summed E-state index contributed by atoms with van der Waals surface area (Å²) in [5.41, 5.74) is 2.35. The first kappa shape index (κ1) is 17.6. The molecule has 0 saturated heterocycles. The second kappa shape index (κ2) is 8.77. The van der Waals surface area contributed by atoms with E-state index in [2.05, 4.69) is 15.8 Å². The van der Waals surface area contributed by atoms with Gasteiger partial charge in [0.05, 0.1) is 12.8 Å². The number of thiophene rings is 1. The number of benzene rings is 2. The van der Waals surface area contributed by atoms with Crippen molar-refractivity contribution in [2.75, 3.05) is 13.2 Å². The predicted octanol–water partition coefficient (Wildman–Crippen LogP) is 2.55. The molecule has 0 aliphatic heterocycles. The Labute approximate surface area is 154 Å². The number of nitrogens with one attached hydrogen (secondary N) is 2. The minimum atomic E-state index is -0.406. The van der Waals surface area contributed by atoms with Gasteiger partial charge in [0.15, 0.2) is 6.61 Å². The molecule has 2 amide bonds. The van der Waals surface area contributed by atoms with Crippen molar-refractivity contribution in [3.05, 3.63) is 64.9 Å². The quantitative estimate of drug-likeness (QED) is 0.497. The van der Waals surface area contributed by atoms with Crippen molar-refractivity contribution in [3.8, 4) is 5.75 Å². The number of hydrogen-bond acceptors (Lipinski definition) is 5. The Bertz CT molecular complexity index is 923. The molecule has 0 saturated carbocycles. The number of carbonyl (C=O) groups is 2. The van der Waals surface area contributed by atoms with E-state index in [-0.39, 0.29) is 19.1 Å². The van der Waals surface area contributed by atoms with Crippen LogP contribution in [-0.2, 0) is 9.59 Å². The first-order valence-corrected chi connectivity index (χ1v) is 8.82. The van der Waals surface area contributed by atoms with Crippen LogP contribution in [-0.4, -0.2) is 31.2 Å². The lowest BCUT2D eigenvalue weighted by atomic mass is 10.1. The highest BCUT2D eigenvalue weighted by Crippen LogP contribution is 2.20. The lowest BCUT2D eigenvalue weighted by Crippen LogP contribution is -2.37. The first-order chi connectivity index (χ1) is 12.7. The van der Waals surface area contributed by atoms with E-state index in [4.69, 9.17) is 4.74 Å². The molecule has 0 spiro atoms. The van der Waals surface area contributed by atoms with Crippen LogP contribution < -0.4 is 15.5 Å². The van der Waals surface area contributed by atoms with E-state index in [1.165, 1.54) is 11.3 Å². The fourth-order valence-electron chi connectivity index (χ4n) is 2.21. The Hall–Kier alpha value is -3.19. The predicted molar refractivity (Wildman–Crippen MR) is 103 cm³/mol. The van der Waals surface area contributed by atoms with E-state index in [0.717, 1.165) is 15.6 Å². The number of ether oxygens (including phenoxy) is 1. The van der Waals surface area contributed by atoms with Crippen molar-refractivity contribution in [1.82, 2.24) is 10.7 Å². The molecule has 1 heterocycles. The van der Waals surface area contributed by atoms with E-state index >= 15 is 0 Å². The normalized spacial score (nSPS) is 10.8. The molecule has 0 unspecified atom stereocenters. The summed E-state index contributed by atoms with van der Waals surface area (Å²) >= 11 is 1.51. The fourth-order valence-corrected chi connectivity index (χ4v) is 2.79. The van der Waals surface area contributed by atoms with E-state index in [9.17, 15) is 9.59 Å². The van der Waals surface area contributed by atoms with Gasteiger partial charge in [-0.1, -0.05) is 36.4 Å². The smallest absolute Gasteiger partial charge is 0.259 e. The van der Waals surface area contributed by atoms with Crippen LogP contribution in [0, 0.1) is 0 Å². The molecule has 3 aromatic rings. The minimum absolute atomic E-state index is 0.163. The number of amides is 2. The molecule has 0 radical (unpaired) electrons. The van der Waals surface area contributed by atoms with Crippen molar-refractivity contribution in [1.29, 1.82) is 0 Å². The highest BCUT2D eigenvalue weighted by Gasteiger charge is 2.06. The molecule has 2 N–H and O–H groups in total. The summed E-state index contributed by atoms with van der Waals surface area (Å²) in [6, 6.07) is 17.3. The van der Waals surface area contributed by atoms with Crippen LogP contribution >= 0.6 is 11.3 Å². The number of nitrogens with zero attached hydrogens (tertiary/aromatic N) is 1. The third-order valence-corrected chi connectivity index (χ3v) is 4.27. The molecule has 2 aromatic carbocycles. The maximum Gasteiger partial charge on any atom is 0.259 e. The molecule has 26 heavy (non-hydrogen) atoms. The van der Waals surface area contributed by atoms with Crippen LogP contribution in [0.5, 0.6) is 5.75 Å². The standard InChI is InChI=1S/C19H17N3O3S/c23-18(22-21-11-17-6-3-9-26-17)12-20-19(24)13-25-16-8-7-14-4-1-2-5-15(14)10-16/h1-11H,12-13H2,(H,20,24)(H,22,23)/b21-11+. The van der Waals surface area contributed by atoms with Crippen LogP contribution in [0.15, 0.2) is 65.1 Å². The second-order valence-electron chi connectivity index (χ2n) is 5.38. The highest BCUT2D eigenvalue weighted by atomic mass is 32.1. The SMILES string of the molecule is O=C(COc1ccc2ccccc2c1)NCC(=O)N/N=C/c1cccs1. The maximum atomic E-state index is 11.8. The Kier molecular flexibility index (Phi) is 5.95. The lowest BCUT2D eigenvalue weighted by molar-refractivity contribution is -0.127. The van der Waals surface area contributed by atoms with Gasteiger partial charge < -0.3 is 10.1 Å². The molecule has 6 nitrogen and oxygen atoms in total. The lowest BCUT2D eigenvalue weighted by Gasteiger charge is -2.08. The molecular formula is C19H17N3O3S. The average Bonchev–Trinajstić information content (AvgIpc) is 3.18. The fraction of sp³-hybridized carbons (Fsp3) is 0.105. The van der Waals surface area contributed by atoms with Crippen LogP contribution in [0.4, 0.5) is 0 Å². The van der Waals surface area contributed by atoms with Gasteiger partial charge in [-0.15, -0.1) is 11.3 Å². The molecule has 3 rings (SSSR count). The monoisotopic (exact) mass is 367 g/mol. The number of hydrogen-bond donors (Lipinski definition) is 2. The summed E-state index contributed by atoms with van der Waals surface area (Å²) in [6.07, 6.45) is 1.55. The summed E-state index contributed by atoms with van der Waals surface area (Å²) in [4.78, 5) is 24.3. The zero-order valence-corrected chi connectivity index (χ0v) is 14.7. The van der Waals surface area contributed by atoms with Crippen molar-refractivity contribution in [3.63, 3.8) is 0 Å². The van der Waals surface area contributed by atoms with Crippen molar-refractivity contribution in [2.24, 2.45) is 5.10 Å².